The van der Waals surface area contributed by atoms with Crippen LogP contribution in [0.4, 0.5) is 22.8 Å². The molecule has 0 radical (unpaired) electrons. The first-order chi connectivity index (χ1) is 12.6. The number of urea groups is 1. The third-order valence-corrected chi connectivity index (χ3v) is 5.42. The number of nitrogens with zero attached hydrogens (tertiary/aromatic N) is 3. The molecule has 3 atom stereocenters. The molecule has 8 nitrogen and oxygen atoms in total. The minimum absolute atomic E-state index is 0.0230. The van der Waals surface area contributed by atoms with Gasteiger partial charge in [-0.1, -0.05) is 6.07 Å². The molecule has 0 aromatic heterocycles. The predicted molar refractivity (Wildman–Crippen MR) is 80.1 cm³/mol. The zero-order valence-electron chi connectivity index (χ0n) is 13.4. The van der Waals surface area contributed by atoms with Gasteiger partial charge in [0.1, 0.15) is 0 Å². The summed E-state index contributed by atoms with van der Waals surface area (Å²) in [5, 5.41) is 20.4. The van der Waals surface area contributed by atoms with Crippen molar-refractivity contribution in [2.75, 3.05) is 6.54 Å². The van der Waals surface area contributed by atoms with Gasteiger partial charge >= 0.3 is 18.3 Å². The Balaban J connectivity index is 1.95. The van der Waals surface area contributed by atoms with Gasteiger partial charge in [-0.3, -0.25) is 19.9 Å². The Hall–Kier alpha value is -3.29. The molecule has 3 unspecified atom stereocenters. The highest BCUT2D eigenvalue weighted by Gasteiger charge is 2.71. The zero-order chi connectivity index (χ0) is 19.7. The molecular weight excluding hydrogens is 369 g/mol. The topological polar surface area (TPSA) is 114 Å². The largest absolute Gasteiger partial charge is 0.465 e. The van der Waals surface area contributed by atoms with Gasteiger partial charge in [0.15, 0.2) is 5.54 Å². The van der Waals surface area contributed by atoms with Crippen LogP contribution in [0.1, 0.15) is 23.1 Å². The van der Waals surface area contributed by atoms with Crippen LogP contribution < -0.4 is 5.32 Å². The van der Waals surface area contributed by atoms with E-state index in [1.165, 1.54) is 12.1 Å². The normalized spacial score (nSPS) is 29.0. The van der Waals surface area contributed by atoms with E-state index in [2.05, 4.69) is 5.32 Å². The molecule has 3 heterocycles. The number of piperazine rings is 1. The number of carboxylic acid groups (broad SMARTS) is 1. The third kappa shape index (κ3) is 2.00. The summed E-state index contributed by atoms with van der Waals surface area (Å²) in [6, 6.07) is 1.80. The van der Waals surface area contributed by atoms with Crippen LogP contribution in [0.25, 0.3) is 0 Å². The number of halogens is 3. The predicted octanol–water partition coefficient (Wildman–Crippen LogP) is 1.46. The third-order valence-electron chi connectivity index (χ3n) is 5.42. The van der Waals surface area contributed by atoms with E-state index in [0.29, 0.717) is 6.07 Å². The lowest BCUT2D eigenvalue weighted by atomic mass is 9.81. The molecule has 3 aliphatic heterocycles. The number of hydrogen-bond acceptors (Lipinski definition) is 4. The molecule has 27 heavy (non-hydrogen) atoms. The molecule has 0 aliphatic carbocycles. The van der Waals surface area contributed by atoms with Crippen LogP contribution in [-0.2, 0) is 16.5 Å². The number of alkyl halides is 3. The number of nitriles is 1. The van der Waals surface area contributed by atoms with Crippen LogP contribution in [0.5, 0.6) is 0 Å². The van der Waals surface area contributed by atoms with Gasteiger partial charge in [0.2, 0.25) is 0 Å². The first-order valence-corrected chi connectivity index (χ1v) is 7.88. The van der Waals surface area contributed by atoms with E-state index < -0.39 is 53.0 Å². The number of carbonyl (C=O) groups is 3. The van der Waals surface area contributed by atoms with Crippen LogP contribution in [0.2, 0.25) is 0 Å². The Labute approximate surface area is 149 Å². The Morgan fingerprint density at radius 2 is 2.07 bits per heavy atom. The van der Waals surface area contributed by atoms with Gasteiger partial charge < -0.3 is 5.11 Å². The highest BCUT2D eigenvalue weighted by Crippen LogP contribution is 2.52. The van der Waals surface area contributed by atoms with Gasteiger partial charge in [0.05, 0.1) is 29.3 Å². The van der Waals surface area contributed by atoms with Crippen LogP contribution in [0.15, 0.2) is 18.2 Å². The van der Waals surface area contributed by atoms with Crippen molar-refractivity contribution in [2.45, 2.75) is 30.2 Å². The molecule has 1 aromatic rings. The van der Waals surface area contributed by atoms with Gasteiger partial charge in [-0.25, -0.2) is 9.59 Å². The Kier molecular flexibility index (Phi) is 3.25. The second-order valence-corrected chi connectivity index (χ2v) is 6.61. The summed E-state index contributed by atoms with van der Waals surface area (Å²) in [4.78, 5) is 38.6. The molecule has 4 amide bonds. The molecule has 0 saturated carbocycles. The van der Waals surface area contributed by atoms with Gasteiger partial charge in [-0.05, 0) is 24.1 Å². The molecule has 2 bridgehead atoms. The first-order valence-electron chi connectivity index (χ1n) is 7.88. The molecule has 4 rings (SSSR count). The number of amides is 4. The summed E-state index contributed by atoms with van der Waals surface area (Å²) in [6.07, 6.45) is -6.03. The van der Waals surface area contributed by atoms with E-state index in [-0.39, 0.29) is 18.5 Å². The number of nitrogens with one attached hydrogen (secondary N) is 1. The number of carbonyl (C=O) groups excluding carboxylic acids is 2. The molecule has 3 aliphatic rings. The van der Waals surface area contributed by atoms with Crippen molar-refractivity contribution in [3.63, 3.8) is 0 Å². The number of likely N-dealkylation sites (tertiary alicyclic amines) is 1. The molecular formula is C16H11F3N4O4. The van der Waals surface area contributed by atoms with Crippen molar-refractivity contribution in [3.05, 3.63) is 34.9 Å². The number of benzene rings is 1. The fourth-order valence-corrected chi connectivity index (χ4v) is 4.47. The van der Waals surface area contributed by atoms with Crippen molar-refractivity contribution in [1.29, 1.82) is 5.26 Å². The average Bonchev–Trinajstić information content (AvgIpc) is 3.24. The van der Waals surface area contributed by atoms with Crippen molar-refractivity contribution >= 4 is 18.0 Å². The monoisotopic (exact) mass is 380 g/mol. The lowest BCUT2D eigenvalue weighted by Gasteiger charge is -2.43. The van der Waals surface area contributed by atoms with Crippen molar-refractivity contribution in [2.24, 2.45) is 0 Å². The molecule has 3 fully saturated rings. The summed E-state index contributed by atoms with van der Waals surface area (Å²) in [5.74, 6) is -0.871. The highest BCUT2D eigenvalue weighted by atomic mass is 19.4. The minimum atomic E-state index is -4.86. The number of fused-ring (bicyclic) bond motifs is 5. The fourth-order valence-electron chi connectivity index (χ4n) is 4.47. The molecule has 0 spiro atoms. The van der Waals surface area contributed by atoms with Crippen LogP contribution in [0, 0.1) is 11.3 Å². The maximum Gasteiger partial charge on any atom is 0.417 e. The lowest BCUT2D eigenvalue weighted by Crippen LogP contribution is -2.62. The van der Waals surface area contributed by atoms with Gasteiger partial charge in [-0.2, -0.15) is 18.4 Å². The summed E-state index contributed by atoms with van der Waals surface area (Å²) in [7, 11) is 0. The van der Waals surface area contributed by atoms with Crippen LogP contribution in [-0.4, -0.2) is 51.6 Å². The van der Waals surface area contributed by atoms with E-state index in [1.54, 1.807) is 0 Å². The maximum absolute atomic E-state index is 13.4. The van der Waals surface area contributed by atoms with E-state index >= 15 is 0 Å². The summed E-state index contributed by atoms with van der Waals surface area (Å²) in [5.41, 5.74) is -3.92. The van der Waals surface area contributed by atoms with Crippen molar-refractivity contribution in [1.82, 2.24) is 15.1 Å². The molecule has 1 aromatic carbocycles. The fraction of sp³-hybridized carbons (Fsp3) is 0.375. The van der Waals surface area contributed by atoms with Crippen molar-refractivity contribution < 1.29 is 32.7 Å². The second kappa shape index (κ2) is 5.12. The molecule has 140 valence electrons. The van der Waals surface area contributed by atoms with E-state index in [9.17, 15) is 32.7 Å². The Bertz CT molecular complexity index is 941. The van der Waals surface area contributed by atoms with Gasteiger partial charge in [0, 0.05) is 6.54 Å². The standard InChI is InChI=1S/C16H11F3N4O4/c17-16(18,19)10-3-8(2-1-7(10)5-20)15-11-4-9(6-22(11)14(26)27)23(15)13(25)21-12(15)24/h1-3,9,11H,4,6H2,(H,26,27)(H,21,24,25). The summed E-state index contributed by atoms with van der Waals surface area (Å²) >= 11 is 0. The Morgan fingerprint density at radius 3 is 2.67 bits per heavy atom. The van der Waals surface area contributed by atoms with Gasteiger partial charge in [-0.15, -0.1) is 0 Å². The van der Waals surface area contributed by atoms with Crippen LogP contribution in [0.3, 0.4) is 0 Å². The number of hydrogen-bond donors (Lipinski definition) is 2. The van der Waals surface area contributed by atoms with Gasteiger partial charge in [0.25, 0.3) is 5.91 Å². The lowest BCUT2D eigenvalue weighted by molar-refractivity contribution is -0.138. The minimum Gasteiger partial charge on any atom is -0.465 e. The smallest absolute Gasteiger partial charge is 0.417 e. The molecule has 11 heteroatoms. The van der Waals surface area contributed by atoms with Crippen molar-refractivity contribution in [3.8, 4) is 6.07 Å². The SMILES string of the molecule is N#Cc1ccc(C23C(=O)NC(=O)N2C2CC3N(C(=O)O)C2)cc1C(F)(F)F. The van der Waals surface area contributed by atoms with Crippen LogP contribution >= 0.6 is 0 Å². The van der Waals surface area contributed by atoms with E-state index in [0.717, 1.165) is 15.9 Å². The second-order valence-electron chi connectivity index (χ2n) is 6.61. The highest BCUT2D eigenvalue weighted by molar-refractivity contribution is 6.09. The number of imide groups is 1. The molecule has 3 saturated heterocycles. The Morgan fingerprint density at radius 1 is 1.37 bits per heavy atom. The summed E-state index contributed by atoms with van der Waals surface area (Å²) < 4.78 is 40.1. The van der Waals surface area contributed by atoms with E-state index in [1.807, 2.05) is 0 Å². The quantitative estimate of drug-likeness (QED) is 0.716. The zero-order valence-corrected chi connectivity index (χ0v) is 13.4. The molecule has 2 N–H and O–H groups in total. The average molecular weight is 380 g/mol. The first kappa shape index (κ1) is 17.1. The summed E-state index contributed by atoms with van der Waals surface area (Å²) in [6.45, 7) is -0.0230. The van der Waals surface area contributed by atoms with E-state index in [4.69, 9.17) is 5.26 Å². The number of rotatable bonds is 1. The maximum atomic E-state index is 13.4.